The van der Waals surface area contributed by atoms with E-state index < -0.39 is 15.9 Å². The third-order valence-electron chi connectivity index (χ3n) is 4.81. The molecule has 1 saturated heterocycles. The molecule has 0 aliphatic carbocycles. The summed E-state index contributed by atoms with van der Waals surface area (Å²) in [5.74, 6) is -0.530. The van der Waals surface area contributed by atoms with Gasteiger partial charge in [-0.15, -0.1) is 0 Å². The second-order valence-corrected chi connectivity index (χ2v) is 8.67. The molecule has 2 aromatic rings. The highest BCUT2D eigenvalue weighted by Gasteiger charge is 2.35. The Hall–Kier alpha value is -1.87. The number of carbonyl (C=O) groups is 1. The van der Waals surface area contributed by atoms with Crippen LogP contribution in [0.1, 0.15) is 29.0 Å². The van der Waals surface area contributed by atoms with E-state index in [1.807, 2.05) is 24.3 Å². The minimum absolute atomic E-state index is 0.0582. The van der Waals surface area contributed by atoms with Crippen LogP contribution in [-0.2, 0) is 20.2 Å². The smallest absolute Gasteiger partial charge is 0.287 e. The number of amides is 1. The molecule has 1 fully saturated rings. The van der Waals surface area contributed by atoms with Crippen molar-refractivity contribution in [3.05, 3.63) is 52.7 Å². The summed E-state index contributed by atoms with van der Waals surface area (Å²) in [6, 6.07) is 10.2. The maximum absolute atomic E-state index is 12.5. The molecule has 1 amide bonds. The number of ether oxygens (including phenoxy) is 1. The zero-order chi connectivity index (χ0) is 19.5. The largest absolute Gasteiger partial charge is 0.438 e. The molecule has 3 rings (SSSR count). The van der Waals surface area contributed by atoms with Crippen molar-refractivity contribution in [2.75, 3.05) is 26.8 Å². The molecule has 0 spiro atoms. The summed E-state index contributed by atoms with van der Waals surface area (Å²) >= 11 is 6.15. The zero-order valence-electron chi connectivity index (χ0n) is 14.8. The fourth-order valence-electron chi connectivity index (χ4n) is 3.17. The van der Waals surface area contributed by atoms with E-state index in [-0.39, 0.29) is 16.3 Å². The van der Waals surface area contributed by atoms with Crippen LogP contribution < -0.4 is 10.0 Å². The summed E-state index contributed by atoms with van der Waals surface area (Å²) < 4.78 is 36.3. The number of hydrogen-bond acceptors (Lipinski definition) is 5. The van der Waals surface area contributed by atoms with E-state index >= 15 is 0 Å². The van der Waals surface area contributed by atoms with Gasteiger partial charge in [0.2, 0.25) is 5.09 Å². The predicted molar refractivity (Wildman–Crippen MR) is 100 cm³/mol. The van der Waals surface area contributed by atoms with E-state index in [1.54, 1.807) is 0 Å². The monoisotopic (exact) mass is 412 g/mol. The van der Waals surface area contributed by atoms with Crippen molar-refractivity contribution in [1.29, 1.82) is 0 Å². The molecule has 0 saturated carbocycles. The third-order valence-corrected chi connectivity index (χ3v) is 6.33. The van der Waals surface area contributed by atoms with Gasteiger partial charge >= 0.3 is 0 Å². The van der Waals surface area contributed by atoms with Crippen LogP contribution in [0.2, 0.25) is 5.02 Å². The highest BCUT2D eigenvalue weighted by molar-refractivity contribution is 7.89. The fourth-order valence-corrected chi connectivity index (χ4v) is 4.01. The van der Waals surface area contributed by atoms with E-state index in [0.29, 0.717) is 24.8 Å². The number of hydrogen-bond donors (Lipinski definition) is 2. The molecule has 0 unspecified atom stereocenters. The van der Waals surface area contributed by atoms with E-state index in [1.165, 1.54) is 19.2 Å². The van der Waals surface area contributed by atoms with Crippen molar-refractivity contribution in [1.82, 2.24) is 10.0 Å². The number of sulfonamides is 1. The van der Waals surface area contributed by atoms with Gasteiger partial charge in [-0.1, -0.05) is 23.7 Å². The van der Waals surface area contributed by atoms with Gasteiger partial charge in [-0.05, 0) is 49.7 Å². The molecule has 1 aromatic heterocycles. The van der Waals surface area contributed by atoms with Crippen LogP contribution in [0.4, 0.5) is 0 Å². The quantitative estimate of drug-likeness (QED) is 0.758. The number of furan rings is 1. The summed E-state index contributed by atoms with van der Waals surface area (Å²) in [4.78, 5) is 12.5. The average molecular weight is 413 g/mol. The first-order valence-corrected chi connectivity index (χ1v) is 10.4. The Kier molecular flexibility index (Phi) is 5.90. The molecular formula is C18H21ClN2O5S. The van der Waals surface area contributed by atoms with Crippen LogP contribution in [0.15, 0.2) is 45.9 Å². The lowest BCUT2D eigenvalue weighted by atomic mass is 9.74. The Morgan fingerprint density at radius 2 is 1.96 bits per heavy atom. The molecule has 0 radical (unpaired) electrons. The van der Waals surface area contributed by atoms with Gasteiger partial charge in [-0.2, -0.15) is 0 Å². The molecule has 2 N–H and O–H groups in total. The number of rotatable bonds is 6. The van der Waals surface area contributed by atoms with Crippen LogP contribution >= 0.6 is 11.6 Å². The van der Waals surface area contributed by atoms with Gasteiger partial charge in [0.1, 0.15) is 0 Å². The summed E-state index contributed by atoms with van der Waals surface area (Å²) in [5, 5.41) is 3.20. The fraction of sp³-hybridized carbons (Fsp3) is 0.389. The molecule has 7 nitrogen and oxygen atoms in total. The van der Waals surface area contributed by atoms with Crippen LogP contribution in [0.3, 0.4) is 0 Å². The van der Waals surface area contributed by atoms with E-state index in [2.05, 4.69) is 10.0 Å². The summed E-state index contributed by atoms with van der Waals surface area (Å²) in [6.45, 7) is 1.55. The second-order valence-electron chi connectivity index (χ2n) is 6.41. The maximum Gasteiger partial charge on any atom is 0.287 e. The van der Waals surface area contributed by atoms with Gasteiger partial charge in [-0.3, -0.25) is 4.79 Å². The van der Waals surface area contributed by atoms with Gasteiger partial charge in [0.25, 0.3) is 15.9 Å². The van der Waals surface area contributed by atoms with Crippen molar-refractivity contribution in [3.63, 3.8) is 0 Å². The highest BCUT2D eigenvalue weighted by Crippen LogP contribution is 2.35. The van der Waals surface area contributed by atoms with Crippen LogP contribution in [0.5, 0.6) is 0 Å². The van der Waals surface area contributed by atoms with Gasteiger partial charge < -0.3 is 14.5 Å². The summed E-state index contributed by atoms with van der Waals surface area (Å²) in [7, 11) is -2.46. The Labute approximate surface area is 163 Å². The first kappa shape index (κ1) is 19.9. The number of halogens is 1. The Morgan fingerprint density at radius 1 is 1.22 bits per heavy atom. The van der Waals surface area contributed by atoms with Gasteiger partial charge in [0, 0.05) is 30.2 Å². The molecule has 2 heterocycles. The van der Waals surface area contributed by atoms with E-state index in [0.717, 1.165) is 18.4 Å². The predicted octanol–water partition coefficient (Wildman–Crippen LogP) is 2.32. The van der Waals surface area contributed by atoms with Crippen LogP contribution in [0.25, 0.3) is 0 Å². The minimum Gasteiger partial charge on any atom is -0.438 e. The number of nitrogens with one attached hydrogen (secondary N) is 2. The number of carbonyl (C=O) groups excluding carboxylic acids is 1. The van der Waals surface area contributed by atoms with Crippen LogP contribution in [0, 0.1) is 0 Å². The topological polar surface area (TPSA) is 97.6 Å². The molecule has 146 valence electrons. The lowest BCUT2D eigenvalue weighted by molar-refractivity contribution is 0.0484. The summed E-state index contributed by atoms with van der Waals surface area (Å²) in [5.41, 5.74) is 0.738. The first-order valence-electron chi connectivity index (χ1n) is 8.52. The SMILES string of the molecule is CNS(=O)(=O)c1ccc(C(=O)NCC2(c3cccc(Cl)c3)CCOCC2)o1. The van der Waals surface area contributed by atoms with Crippen molar-refractivity contribution in [2.24, 2.45) is 0 Å². The second kappa shape index (κ2) is 8.02. The lowest BCUT2D eigenvalue weighted by Gasteiger charge is -2.38. The van der Waals surface area contributed by atoms with Crippen molar-refractivity contribution >= 4 is 27.5 Å². The van der Waals surface area contributed by atoms with Crippen molar-refractivity contribution in [3.8, 4) is 0 Å². The molecule has 0 bridgehead atoms. The van der Waals surface area contributed by atoms with E-state index in [4.69, 9.17) is 20.8 Å². The Morgan fingerprint density at radius 3 is 2.63 bits per heavy atom. The molecule has 1 aliphatic heterocycles. The minimum atomic E-state index is -3.73. The van der Waals surface area contributed by atoms with Crippen molar-refractivity contribution in [2.45, 2.75) is 23.3 Å². The average Bonchev–Trinajstić information content (AvgIpc) is 3.18. The number of benzene rings is 1. The van der Waals surface area contributed by atoms with Gasteiger partial charge in [0.15, 0.2) is 5.76 Å². The Balaban J connectivity index is 1.77. The third kappa shape index (κ3) is 4.35. The molecular weight excluding hydrogens is 392 g/mol. The normalized spacial score (nSPS) is 16.8. The molecule has 1 aromatic carbocycles. The van der Waals surface area contributed by atoms with Crippen LogP contribution in [-0.4, -0.2) is 41.1 Å². The van der Waals surface area contributed by atoms with Crippen molar-refractivity contribution < 1.29 is 22.4 Å². The zero-order valence-corrected chi connectivity index (χ0v) is 16.4. The summed E-state index contributed by atoms with van der Waals surface area (Å²) in [6.07, 6.45) is 1.48. The van der Waals surface area contributed by atoms with Gasteiger partial charge in [0.05, 0.1) is 0 Å². The molecule has 9 heteroatoms. The van der Waals surface area contributed by atoms with E-state index in [9.17, 15) is 13.2 Å². The standard InChI is InChI=1S/C18H21ClN2O5S/c1-20-27(23,24)16-6-5-15(26-16)17(22)21-12-18(7-9-25-10-8-18)13-3-2-4-14(19)11-13/h2-6,11,20H,7-10,12H2,1H3,(H,21,22). The first-order chi connectivity index (χ1) is 12.9. The molecule has 0 atom stereocenters. The van der Waals surface area contributed by atoms with Gasteiger partial charge in [-0.25, -0.2) is 13.1 Å². The molecule has 1 aliphatic rings. The molecule has 27 heavy (non-hydrogen) atoms. The highest BCUT2D eigenvalue weighted by atomic mass is 35.5. The Bertz CT molecular complexity index is 919. The lowest BCUT2D eigenvalue weighted by Crippen LogP contribution is -2.44. The maximum atomic E-state index is 12.5.